The Morgan fingerprint density at radius 1 is 1.11 bits per heavy atom. The molecule has 0 bridgehead atoms. The number of hydrogen-bond acceptors (Lipinski definition) is 4. The molecule has 0 spiro atoms. The van der Waals surface area contributed by atoms with Crippen molar-refractivity contribution >= 4 is 7.82 Å². The molecule has 0 amide bonds. The molecule has 0 aliphatic carbocycles. The largest absolute Gasteiger partial charge is 0.473 e. The van der Waals surface area contributed by atoms with Crippen molar-refractivity contribution in [3.8, 4) is 0 Å². The summed E-state index contributed by atoms with van der Waals surface area (Å²) in [6.45, 7) is 12.9. The molecule has 1 atom stereocenters. The zero-order chi connectivity index (χ0) is 14.6. The molecular formula is C12H27O5P. The molecule has 0 radical (unpaired) electrons. The monoisotopic (exact) mass is 282 g/mol. The molecule has 0 heterocycles. The third-order valence-electron chi connectivity index (χ3n) is 1.91. The Bertz CT molecular complexity index is 293. The van der Waals surface area contributed by atoms with Crippen LogP contribution in [0.5, 0.6) is 0 Å². The summed E-state index contributed by atoms with van der Waals surface area (Å²) in [6.07, 6.45) is 0.649. The minimum atomic E-state index is -4.06. The maximum absolute atomic E-state index is 11.8. The van der Waals surface area contributed by atoms with E-state index in [2.05, 4.69) is 0 Å². The molecule has 110 valence electrons. The van der Waals surface area contributed by atoms with Crippen LogP contribution in [0.25, 0.3) is 0 Å². The lowest BCUT2D eigenvalue weighted by Crippen LogP contribution is -2.28. The normalized spacial score (nSPS) is 16.9. The average molecular weight is 282 g/mol. The number of rotatable bonds is 7. The quantitative estimate of drug-likeness (QED) is 0.724. The SMILES string of the molecule is CC(C)OCCC(C)(C)OP(=O)(O)OC(C)(C)C. The fourth-order valence-electron chi connectivity index (χ4n) is 1.26. The van der Waals surface area contributed by atoms with E-state index in [9.17, 15) is 9.46 Å². The summed E-state index contributed by atoms with van der Waals surface area (Å²) in [7, 11) is -4.06. The predicted octanol–water partition coefficient (Wildman–Crippen LogP) is 3.51. The molecule has 0 aromatic heterocycles. The van der Waals surface area contributed by atoms with Crippen molar-refractivity contribution in [3.05, 3.63) is 0 Å². The van der Waals surface area contributed by atoms with E-state index in [-0.39, 0.29) is 6.10 Å². The molecule has 1 unspecified atom stereocenters. The molecule has 0 aliphatic rings. The number of phosphoric ester groups is 1. The zero-order valence-corrected chi connectivity index (χ0v) is 13.4. The van der Waals surface area contributed by atoms with Gasteiger partial charge in [-0.1, -0.05) is 0 Å². The second kappa shape index (κ2) is 6.49. The van der Waals surface area contributed by atoms with Crippen molar-refractivity contribution in [1.82, 2.24) is 0 Å². The van der Waals surface area contributed by atoms with E-state index in [1.54, 1.807) is 34.6 Å². The smallest absolute Gasteiger partial charge is 0.379 e. The van der Waals surface area contributed by atoms with E-state index in [1.807, 2.05) is 13.8 Å². The van der Waals surface area contributed by atoms with Crippen LogP contribution in [0.2, 0.25) is 0 Å². The van der Waals surface area contributed by atoms with Gasteiger partial charge in [-0.15, -0.1) is 0 Å². The van der Waals surface area contributed by atoms with Gasteiger partial charge in [0.25, 0.3) is 0 Å². The number of ether oxygens (including phenoxy) is 1. The summed E-state index contributed by atoms with van der Waals surface area (Å²) in [5.41, 5.74) is -1.50. The summed E-state index contributed by atoms with van der Waals surface area (Å²) < 4.78 is 27.4. The lowest BCUT2D eigenvalue weighted by atomic mass is 10.1. The summed E-state index contributed by atoms with van der Waals surface area (Å²) in [5.74, 6) is 0. The van der Waals surface area contributed by atoms with Crippen LogP contribution in [-0.2, 0) is 18.3 Å². The Morgan fingerprint density at radius 3 is 2.00 bits per heavy atom. The molecule has 0 rings (SSSR count). The highest BCUT2D eigenvalue weighted by atomic mass is 31.2. The third-order valence-corrected chi connectivity index (χ3v) is 3.41. The molecule has 18 heavy (non-hydrogen) atoms. The fourth-order valence-corrected chi connectivity index (χ4v) is 2.71. The van der Waals surface area contributed by atoms with Gasteiger partial charge in [0, 0.05) is 6.61 Å². The number of phosphoric acid groups is 1. The van der Waals surface area contributed by atoms with Gasteiger partial charge >= 0.3 is 7.82 Å². The standard InChI is InChI=1S/C12H27O5P/c1-10(2)15-9-8-12(6,7)17-18(13,14)16-11(3,4)5/h10H,8-9H2,1-7H3,(H,13,14). The summed E-state index contributed by atoms with van der Waals surface area (Å²) in [4.78, 5) is 9.66. The van der Waals surface area contributed by atoms with Gasteiger partial charge in [0.1, 0.15) is 0 Å². The van der Waals surface area contributed by atoms with Gasteiger partial charge in [0.15, 0.2) is 0 Å². The molecule has 1 N–H and O–H groups in total. The van der Waals surface area contributed by atoms with Crippen LogP contribution < -0.4 is 0 Å². The van der Waals surface area contributed by atoms with E-state index in [4.69, 9.17) is 13.8 Å². The highest BCUT2D eigenvalue weighted by Gasteiger charge is 2.35. The van der Waals surface area contributed by atoms with Crippen molar-refractivity contribution in [3.63, 3.8) is 0 Å². The van der Waals surface area contributed by atoms with Crippen molar-refractivity contribution in [2.45, 2.75) is 72.2 Å². The predicted molar refractivity (Wildman–Crippen MR) is 71.5 cm³/mol. The molecule has 0 aromatic rings. The lowest BCUT2D eigenvalue weighted by Gasteiger charge is -2.30. The van der Waals surface area contributed by atoms with Gasteiger partial charge in [-0.2, -0.15) is 0 Å². The Labute approximate surface area is 110 Å². The summed E-state index contributed by atoms with van der Waals surface area (Å²) in [5, 5.41) is 0. The molecule has 0 aliphatic heterocycles. The summed E-state index contributed by atoms with van der Waals surface area (Å²) >= 11 is 0. The molecule has 0 saturated heterocycles. The van der Waals surface area contributed by atoms with Crippen molar-refractivity contribution in [2.75, 3.05) is 6.61 Å². The Balaban J connectivity index is 4.33. The van der Waals surface area contributed by atoms with E-state index < -0.39 is 19.0 Å². The zero-order valence-electron chi connectivity index (χ0n) is 12.5. The first-order valence-corrected chi connectivity index (χ1v) is 7.68. The molecule has 0 fully saturated rings. The van der Waals surface area contributed by atoms with Gasteiger partial charge < -0.3 is 9.63 Å². The van der Waals surface area contributed by atoms with Crippen molar-refractivity contribution < 1.29 is 23.2 Å². The molecule has 5 nitrogen and oxygen atoms in total. The van der Waals surface area contributed by atoms with Crippen LogP contribution in [0.1, 0.15) is 54.9 Å². The second-order valence-electron chi connectivity index (χ2n) is 6.19. The Morgan fingerprint density at radius 2 is 1.61 bits per heavy atom. The van der Waals surface area contributed by atoms with Crippen LogP contribution in [0.3, 0.4) is 0 Å². The van der Waals surface area contributed by atoms with Crippen LogP contribution in [0, 0.1) is 0 Å². The van der Waals surface area contributed by atoms with Gasteiger partial charge in [-0.05, 0) is 54.9 Å². The lowest BCUT2D eigenvalue weighted by molar-refractivity contribution is -0.0146. The fraction of sp³-hybridized carbons (Fsp3) is 1.00. The Hall–Kier alpha value is 0.0700. The first-order valence-electron chi connectivity index (χ1n) is 6.19. The maximum atomic E-state index is 11.8. The first kappa shape index (κ1) is 18.1. The first-order chi connectivity index (χ1) is 7.83. The molecule has 0 aromatic carbocycles. The van der Waals surface area contributed by atoms with Crippen LogP contribution in [-0.4, -0.2) is 28.8 Å². The van der Waals surface area contributed by atoms with Crippen molar-refractivity contribution in [1.29, 1.82) is 0 Å². The Kier molecular flexibility index (Phi) is 6.51. The van der Waals surface area contributed by atoms with Crippen LogP contribution in [0.4, 0.5) is 0 Å². The van der Waals surface area contributed by atoms with Gasteiger partial charge in [-0.3, -0.25) is 9.05 Å². The van der Waals surface area contributed by atoms with E-state index in [0.717, 1.165) is 0 Å². The average Bonchev–Trinajstić information content (AvgIpc) is 1.93. The highest BCUT2D eigenvalue weighted by Crippen LogP contribution is 2.50. The van der Waals surface area contributed by atoms with Gasteiger partial charge in [-0.25, -0.2) is 4.57 Å². The molecular weight excluding hydrogens is 255 g/mol. The second-order valence-corrected chi connectivity index (χ2v) is 7.50. The highest BCUT2D eigenvalue weighted by molar-refractivity contribution is 7.47. The maximum Gasteiger partial charge on any atom is 0.473 e. The van der Waals surface area contributed by atoms with Gasteiger partial charge in [0.2, 0.25) is 0 Å². The third kappa shape index (κ3) is 10.0. The molecule has 0 saturated carbocycles. The van der Waals surface area contributed by atoms with Crippen LogP contribution in [0.15, 0.2) is 0 Å². The van der Waals surface area contributed by atoms with Crippen LogP contribution >= 0.6 is 7.82 Å². The molecule has 6 heteroatoms. The van der Waals surface area contributed by atoms with E-state index in [1.165, 1.54) is 0 Å². The topological polar surface area (TPSA) is 65.0 Å². The van der Waals surface area contributed by atoms with E-state index in [0.29, 0.717) is 13.0 Å². The minimum Gasteiger partial charge on any atom is -0.379 e. The summed E-state index contributed by atoms with van der Waals surface area (Å²) in [6, 6.07) is 0. The van der Waals surface area contributed by atoms with Gasteiger partial charge in [0.05, 0.1) is 17.3 Å². The van der Waals surface area contributed by atoms with Crippen molar-refractivity contribution in [2.24, 2.45) is 0 Å². The minimum absolute atomic E-state index is 0.132. The van der Waals surface area contributed by atoms with E-state index >= 15 is 0 Å². The number of hydrogen-bond donors (Lipinski definition) is 1.